The second kappa shape index (κ2) is 12.3. The average Bonchev–Trinajstić information content (AvgIpc) is 3.05. The molecule has 1 aliphatic heterocycles. The lowest BCUT2D eigenvalue weighted by Crippen LogP contribution is -2.40. The van der Waals surface area contributed by atoms with Gasteiger partial charge >= 0.3 is 0 Å². The van der Waals surface area contributed by atoms with Crippen LogP contribution in [0.1, 0.15) is 31.7 Å². The number of guanidine groups is 1. The third-order valence-electron chi connectivity index (χ3n) is 4.80. The van der Waals surface area contributed by atoms with E-state index in [1.165, 1.54) is 5.56 Å². The first-order chi connectivity index (χ1) is 13.2. The van der Waals surface area contributed by atoms with E-state index in [1.54, 1.807) is 7.05 Å². The predicted molar refractivity (Wildman–Crippen MR) is 110 cm³/mol. The fraction of sp³-hybridized carbons (Fsp3) is 0.619. The van der Waals surface area contributed by atoms with Crippen molar-refractivity contribution in [2.45, 2.75) is 32.6 Å². The van der Waals surface area contributed by atoms with Gasteiger partial charge < -0.3 is 20.3 Å². The molecule has 1 unspecified atom stereocenters. The topological polar surface area (TPSA) is 66.0 Å². The predicted octanol–water partition coefficient (Wildman–Crippen LogP) is 2.06. The van der Waals surface area contributed by atoms with Gasteiger partial charge in [-0.15, -0.1) is 0 Å². The molecular formula is C21H34N4O2. The van der Waals surface area contributed by atoms with Gasteiger partial charge in [0.2, 0.25) is 5.91 Å². The van der Waals surface area contributed by atoms with Crippen LogP contribution in [0.15, 0.2) is 35.3 Å². The molecule has 1 amide bonds. The van der Waals surface area contributed by atoms with Gasteiger partial charge in [0, 0.05) is 58.8 Å². The van der Waals surface area contributed by atoms with E-state index in [2.05, 4.69) is 27.8 Å². The standard InChI is InChI=1S/C21H34N4O2/c1-3-27-14-8-7-12-23-21(22-2)24-16-19-15-20(26)25(17-19)13-11-18-9-5-4-6-10-18/h4-6,9-10,19H,3,7-8,11-17H2,1-2H3,(H2,22,23,24). The lowest BCUT2D eigenvalue weighted by molar-refractivity contribution is -0.127. The lowest BCUT2D eigenvalue weighted by Gasteiger charge is -2.18. The van der Waals surface area contributed by atoms with Crippen LogP contribution in [-0.4, -0.2) is 63.2 Å². The monoisotopic (exact) mass is 374 g/mol. The van der Waals surface area contributed by atoms with Crippen molar-refractivity contribution in [3.8, 4) is 0 Å². The highest BCUT2D eigenvalue weighted by atomic mass is 16.5. The fourth-order valence-corrected chi connectivity index (χ4v) is 3.26. The Morgan fingerprint density at radius 1 is 1.26 bits per heavy atom. The summed E-state index contributed by atoms with van der Waals surface area (Å²) < 4.78 is 5.34. The summed E-state index contributed by atoms with van der Waals surface area (Å²) in [7, 11) is 1.78. The number of unbranched alkanes of at least 4 members (excludes halogenated alkanes) is 1. The van der Waals surface area contributed by atoms with Gasteiger partial charge in [-0.2, -0.15) is 0 Å². The quantitative estimate of drug-likeness (QED) is 0.353. The summed E-state index contributed by atoms with van der Waals surface area (Å²) in [4.78, 5) is 18.5. The number of nitrogens with zero attached hydrogens (tertiary/aromatic N) is 2. The first kappa shape index (κ1) is 21.2. The van der Waals surface area contributed by atoms with E-state index in [9.17, 15) is 4.79 Å². The molecule has 0 aliphatic carbocycles. The number of aliphatic imine (C=N–C) groups is 1. The summed E-state index contributed by atoms with van der Waals surface area (Å²) >= 11 is 0. The molecule has 2 rings (SSSR count). The molecule has 0 bridgehead atoms. The summed E-state index contributed by atoms with van der Waals surface area (Å²) in [5.41, 5.74) is 1.28. The molecule has 1 atom stereocenters. The lowest BCUT2D eigenvalue weighted by atomic mass is 10.1. The zero-order valence-electron chi connectivity index (χ0n) is 16.7. The minimum Gasteiger partial charge on any atom is -0.382 e. The van der Waals surface area contributed by atoms with E-state index in [0.717, 1.165) is 64.6 Å². The number of carbonyl (C=O) groups excluding carboxylic acids is 1. The van der Waals surface area contributed by atoms with Gasteiger partial charge in [-0.25, -0.2) is 0 Å². The Hall–Kier alpha value is -2.08. The molecule has 1 saturated heterocycles. The molecule has 1 aliphatic rings. The van der Waals surface area contributed by atoms with Gasteiger partial charge in [0.1, 0.15) is 0 Å². The summed E-state index contributed by atoms with van der Waals surface area (Å²) in [5.74, 6) is 1.41. The van der Waals surface area contributed by atoms with Gasteiger partial charge in [-0.05, 0) is 31.7 Å². The number of carbonyl (C=O) groups is 1. The van der Waals surface area contributed by atoms with Crippen LogP contribution in [0.4, 0.5) is 0 Å². The Morgan fingerprint density at radius 3 is 2.81 bits per heavy atom. The number of nitrogens with one attached hydrogen (secondary N) is 2. The Morgan fingerprint density at radius 2 is 2.07 bits per heavy atom. The SMILES string of the molecule is CCOCCCCNC(=NC)NCC1CC(=O)N(CCc2ccccc2)C1. The maximum atomic E-state index is 12.3. The number of amides is 1. The number of hydrogen-bond acceptors (Lipinski definition) is 3. The zero-order valence-corrected chi connectivity index (χ0v) is 16.7. The maximum Gasteiger partial charge on any atom is 0.223 e. The summed E-state index contributed by atoms with van der Waals surface area (Å²) in [6.45, 7) is 6.87. The normalized spacial score (nSPS) is 17.4. The Labute approximate surface area is 163 Å². The molecule has 0 spiro atoms. The second-order valence-corrected chi connectivity index (χ2v) is 6.93. The molecule has 1 heterocycles. The van der Waals surface area contributed by atoms with Crippen LogP contribution in [0, 0.1) is 5.92 Å². The minimum atomic E-state index is 0.261. The molecule has 0 saturated carbocycles. The number of likely N-dealkylation sites (tertiary alicyclic amines) is 1. The first-order valence-electron chi connectivity index (χ1n) is 10.1. The van der Waals surface area contributed by atoms with Crippen molar-refractivity contribution >= 4 is 11.9 Å². The fourth-order valence-electron chi connectivity index (χ4n) is 3.26. The molecule has 0 radical (unpaired) electrons. The zero-order chi connectivity index (χ0) is 19.3. The average molecular weight is 375 g/mol. The molecule has 0 aromatic heterocycles. The van der Waals surface area contributed by atoms with Crippen molar-refractivity contribution < 1.29 is 9.53 Å². The number of rotatable bonds is 11. The molecule has 1 aromatic rings. The van der Waals surface area contributed by atoms with Crippen molar-refractivity contribution in [1.82, 2.24) is 15.5 Å². The van der Waals surface area contributed by atoms with Crippen molar-refractivity contribution in [3.63, 3.8) is 0 Å². The molecule has 6 nitrogen and oxygen atoms in total. The van der Waals surface area contributed by atoms with Gasteiger partial charge in [-0.1, -0.05) is 30.3 Å². The largest absolute Gasteiger partial charge is 0.382 e. The van der Waals surface area contributed by atoms with Crippen molar-refractivity contribution in [2.24, 2.45) is 10.9 Å². The highest BCUT2D eigenvalue weighted by Gasteiger charge is 2.29. The highest BCUT2D eigenvalue weighted by molar-refractivity contribution is 5.80. The van der Waals surface area contributed by atoms with E-state index in [4.69, 9.17) is 4.74 Å². The second-order valence-electron chi connectivity index (χ2n) is 6.93. The van der Waals surface area contributed by atoms with Gasteiger partial charge in [0.15, 0.2) is 5.96 Å². The number of benzene rings is 1. The Kier molecular flexibility index (Phi) is 9.69. The molecule has 1 aromatic carbocycles. The third-order valence-corrected chi connectivity index (χ3v) is 4.80. The molecule has 6 heteroatoms. The minimum absolute atomic E-state index is 0.261. The molecule has 150 valence electrons. The van der Waals surface area contributed by atoms with Crippen molar-refractivity contribution in [3.05, 3.63) is 35.9 Å². The van der Waals surface area contributed by atoms with E-state index in [-0.39, 0.29) is 5.91 Å². The molecule has 1 fully saturated rings. The van der Waals surface area contributed by atoms with Crippen LogP contribution < -0.4 is 10.6 Å². The van der Waals surface area contributed by atoms with Crippen LogP contribution in [0.2, 0.25) is 0 Å². The number of hydrogen-bond donors (Lipinski definition) is 2. The van der Waals surface area contributed by atoms with Gasteiger partial charge in [0.25, 0.3) is 0 Å². The molecule has 27 heavy (non-hydrogen) atoms. The van der Waals surface area contributed by atoms with Crippen molar-refractivity contribution in [1.29, 1.82) is 0 Å². The summed E-state index contributed by atoms with van der Waals surface area (Å²) in [6, 6.07) is 10.3. The Balaban J connectivity index is 1.63. The smallest absolute Gasteiger partial charge is 0.223 e. The van der Waals surface area contributed by atoms with Crippen LogP contribution in [0.5, 0.6) is 0 Å². The van der Waals surface area contributed by atoms with E-state index in [1.807, 2.05) is 30.0 Å². The van der Waals surface area contributed by atoms with Gasteiger partial charge in [0.05, 0.1) is 0 Å². The van der Waals surface area contributed by atoms with Crippen LogP contribution in [0.25, 0.3) is 0 Å². The summed E-state index contributed by atoms with van der Waals surface area (Å²) in [6.07, 6.45) is 3.63. The van der Waals surface area contributed by atoms with E-state index in [0.29, 0.717) is 12.3 Å². The first-order valence-corrected chi connectivity index (χ1v) is 10.1. The molecule has 2 N–H and O–H groups in total. The van der Waals surface area contributed by atoms with E-state index >= 15 is 0 Å². The van der Waals surface area contributed by atoms with Gasteiger partial charge in [-0.3, -0.25) is 9.79 Å². The Bertz CT molecular complexity index is 577. The van der Waals surface area contributed by atoms with Crippen LogP contribution in [-0.2, 0) is 16.0 Å². The van der Waals surface area contributed by atoms with Crippen LogP contribution in [0.3, 0.4) is 0 Å². The van der Waals surface area contributed by atoms with Crippen LogP contribution >= 0.6 is 0 Å². The maximum absolute atomic E-state index is 12.3. The number of ether oxygens (including phenoxy) is 1. The molecular weight excluding hydrogens is 340 g/mol. The van der Waals surface area contributed by atoms with E-state index < -0.39 is 0 Å². The van der Waals surface area contributed by atoms with Crippen molar-refractivity contribution in [2.75, 3.05) is 46.4 Å². The third kappa shape index (κ3) is 7.99. The highest BCUT2D eigenvalue weighted by Crippen LogP contribution is 2.17. The summed E-state index contributed by atoms with van der Waals surface area (Å²) in [5, 5.41) is 6.68.